The average Bonchev–Trinajstić information content (AvgIpc) is 2.14. The van der Waals surface area contributed by atoms with E-state index >= 15 is 0 Å². The second-order valence-corrected chi connectivity index (χ2v) is 4.00. The van der Waals surface area contributed by atoms with Crippen LogP contribution in [-0.4, -0.2) is 34.6 Å². The Morgan fingerprint density at radius 3 is 2.50 bits per heavy atom. The summed E-state index contributed by atoms with van der Waals surface area (Å²) in [5.41, 5.74) is -1.25. The summed E-state index contributed by atoms with van der Waals surface area (Å²) in [6.07, 6.45) is -0.0288. The van der Waals surface area contributed by atoms with Crippen LogP contribution in [0.5, 0.6) is 0 Å². The topological polar surface area (TPSA) is 107 Å². The van der Waals surface area contributed by atoms with E-state index in [1.165, 1.54) is 7.11 Å². The zero-order chi connectivity index (χ0) is 12.3. The third kappa shape index (κ3) is 2.29. The Labute approximate surface area is 91.5 Å². The molecule has 0 aromatic heterocycles. The number of carboxylic acid groups (broad SMARTS) is 1. The molecule has 0 aliphatic heterocycles. The molecular weight excluding hydrogens is 218 g/mol. The summed E-state index contributed by atoms with van der Waals surface area (Å²) in [7, 11) is 1.21. The number of carboxylic acids is 1. The van der Waals surface area contributed by atoms with Gasteiger partial charge in [-0.1, -0.05) is 0 Å². The highest BCUT2D eigenvalue weighted by Gasteiger charge is 2.57. The van der Waals surface area contributed by atoms with Crippen molar-refractivity contribution < 1.29 is 24.4 Å². The van der Waals surface area contributed by atoms with E-state index in [0.29, 0.717) is 0 Å². The quantitative estimate of drug-likeness (QED) is 0.418. The maximum absolute atomic E-state index is 10.9. The molecule has 1 aliphatic carbocycles. The molecule has 1 fully saturated rings. The fourth-order valence-electron chi connectivity index (χ4n) is 1.91. The van der Waals surface area contributed by atoms with E-state index in [2.05, 4.69) is 4.74 Å². The molecule has 0 saturated heterocycles. The van der Waals surface area contributed by atoms with Crippen molar-refractivity contribution in [2.24, 2.45) is 5.92 Å². The Balaban J connectivity index is 2.54. The summed E-state index contributed by atoms with van der Waals surface area (Å²) in [4.78, 5) is 31.8. The van der Waals surface area contributed by atoms with Crippen LogP contribution in [0.3, 0.4) is 0 Å². The van der Waals surface area contributed by atoms with Crippen molar-refractivity contribution in [1.82, 2.24) is 0 Å². The lowest BCUT2D eigenvalue weighted by Crippen LogP contribution is -2.52. The molecular formula is C9H13NO6. The number of ether oxygens (including phenoxy) is 1. The van der Waals surface area contributed by atoms with Gasteiger partial charge in [-0.25, -0.2) is 0 Å². The zero-order valence-corrected chi connectivity index (χ0v) is 8.84. The Bertz CT molecular complexity index is 320. The van der Waals surface area contributed by atoms with Crippen LogP contribution in [0.1, 0.15) is 25.7 Å². The first kappa shape index (κ1) is 12.4. The molecule has 1 rings (SSSR count). The summed E-state index contributed by atoms with van der Waals surface area (Å²) in [5.74, 6) is -2.20. The minimum Gasteiger partial charge on any atom is -0.481 e. The minimum atomic E-state index is -1.25. The Morgan fingerprint density at radius 1 is 1.56 bits per heavy atom. The lowest BCUT2D eigenvalue weighted by molar-refractivity contribution is -0.590. The predicted molar refractivity (Wildman–Crippen MR) is 51.3 cm³/mol. The first-order valence-electron chi connectivity index (χ1n) is 4.85. The smallest absolute Gasteiger partial charge is 0.307 e. The van der Waals surface area contributed by atoms with Crippen LogP contribution in [0, 0.1) is 16.0 Å². The molecule has 0 unspecified atom stereocenters. The largest absolute Gasteiger partial charge is 0.481 e. The minimum absolute atomic E-state index is 0.00761. The van der Waals surface area contributed by atoms with Gasteiger partial charge in [0.15, 0.2) is 0 Å². The maximum atomic E-state index is 10.9. The molecule has 0 spiro atoms. The molecule has 1 N–H and O–H groups in total. The normalized spacial score (nSPS) is 27.9. The van der Waals surface area contributed by atoms with Crippen LogP contribution in [0.15, 0.2) is 0 Å². The van der Waals surface area contributed by atoms with Crippen molar-refractivity contribution >= 4 is 11.9 Å². The van der Waals surface area contributed by atoms with Crippen molar-refractivity contribution in [2.45, 2.75) is 31.2 Å². The van der Waals surface area contributed by atoms with Crippen molar-refractivity contribution in [1.29, 1.82) is 0 Å². The van der Waals surface area contributed by atoms with E-state index in [-0.39, 0.29) is 25.7 Å². The van der Waals surface area contributed by atoms with Crippen LogP contribution in [-0.2, 0) is 14.3 Å². The van der Waals surface area contributed by atoms with Gasteiger partial charge in [0, 0.05) is 24.2 Å². The number of esters is 1. The van der Waals surface area contributed by atoms with Crippen molar-refractivity contribution in [3.63, 3.8) is 0 Å². The maximum Gasteiger partial charge on any atom is 0.307 e. The van der Waals surface area contributed by atoms with Crippen LogP contribution >= 0.6 is 0 Å². The third-order valence-corrected chi connectivity index (χ3v) is 3.01. The van der Waals surface area contributed by atoms with Gasteiger partial charge in [0.05, 0.1) is 19.4 Å². The highest BCUT2D eigenvalue weighted by Crippen LogP contribution is 2.43. The molecule has 90 valence electrons. The molecule has 1 saturated carbocycles. The summed E-state index contributed by atoms with van der Waals surface area (Å²) in [6, 6.07) is 0. The van der Waals surface area contributed by atoms with Gasteiger partial charge in [-0.2, -0.15) is 0 Å². The van der Waals surface area contributed by atoms with E-state index in [0.717, 1.165) is 0 Å². The number of nitro groups is 1. The summed E-state index contributed by atoms with van der Waals surface area (Å²) in [6.45, 7) is 0. The number of methoxy groups -OCH3 is 1. The predicted octanol–water partition coefficient (Wildman–Crippen LogP) is 0.450. The summed E-state index contributed by atoms with van der Waals surface area (Å²) >= 11 is 0. The van der Waals surface area contributed by atoms with E-state index in [1.807, 2.05) is 0 Å². The zero-order valence-electron chi connectivity index (χ0n) is 8.84. The monoisotopic (exact) mass is 231 g/mol. The second kappa shape index (κ2) is 4.46. The van der Waals surface area contributed by atoms with Gasteiger partial charge < -0.3 is 9.84 Å². The van der Waals surface area contributed by atoms with E-state index in [1.54, 1.807) is 0 Å². The number of aliphatic carboxylic acids is 1. The SMILES string of the molecule is COC(=O)CC[C@]1([N+](=O)[O-])C[C@H](C(=O)O)C1. The van der Waals surface area contributed by atoms with Gasteiger partial charge in [-0.15, -0.1) is 0 Å². The van der Waals surface area contributed by atoms with E-state index in [4.69, 9.17) is 5.11 Å². The molecule has 0 radical (unpaired) electrons. The van der Waals surface area contributed by atoms with Gasteiger partial charge in [-0.3, -0.25) is 19.7 Å². The molecule has 0 aromatic carbocycles. The van der Waals surface area contributed by atoms with Crippen LogP contribution < -0.4 is 0 Å². The second-order valence-electron chi connectivity index (χ2n) is 4.00. The Kier molecular flexibility index (Phi) is 3.46. The Hall–Kier alpha value is -1.66. The van der Waals surface area contributed by atoms with Crippen molar-refractivity contribution in [3.8, 4) is 0 Å². The van der Waals surface area contributed by atoms with Gasteiger partial charge in [0.2, 0.25) is 5.54 Å². The molecule has 1 aliphatic rings. The number of carbonyl (C=O) groups is 2. The number of hydrogen-bond acceptors (Lipinski definition) is 5. The van der Waals surface area contributed by atoms with Gasteiger partial charge >= 0.3 is 11.9 Å². The van der Waals surface area contributed by atoms with Crippen LogP contribution in [0.2, 0.25) is 0 Å². The molecule has 16 heavy (non-hydrogen) atoms. The fourth-order valence-corrected chi connectivity index (χ4v) is 1.91. The standard InChI is InChI=1S/C9H13NO6/c1-16-7(11)2-3-9(10(14)15)4-6(5-9)8(12)13/h6H,2-5H2,1H3,(H,12,13)/t6-,9-. The fraction of sp³-hybridized carbons (Fsp3) is 0.778. The van der Waals surface area contributed by atoms with Gasteiger partial charge in [0.1, 0.15) is 0 Å². The first-order valence-corrected chi connectivity index (χ1v) is 4.85. The average molecular weight is 231 g/mol. The molecule has 7 nitrogen and oxygen atoms in total. The Morgan fingerprint density at radius 2 is 2.12 bits per heavy atom. The van der Waals surface area contributed by atoms with Crippen LogP contribution in [0.4, 0.5) is 0 Å². The lowest BCUT2D eigenvalue weighted by atomic mass is 9.66. The van der Waals surface area contributed by atoms with Crippen molar-refractivity contribution in [3.05, 3.63) is 10.1 Å². The van der Waals surface area contributed by atoms with Crippen LogP contribution in [0.25, 0.3) is 0 Å². The number of rotatable bonds is 5. The molecule has 7 heteroatoms. The highest BCUT2D eigenvalue weighted by molar-refractivity contribution is 5.72. The van der Waals surface area contributed by atoms with E-state index in [9.17, 15) is 19.7 Å². The number of hydrogen-bond donors (Lipinski definition) is 1. The highest BCUT2D eigenvalue weighted by atomic mass is 16.6. The summed E-state index contributed by atoms with van der Waals surface area (Å²) in [5, 5.41) is 19.5. The van der Waals surface area contributed by atoms with E-state index < -0.39 is 28.3 Å². The molecule has 0 amide bonds. The third-order valence-electron chi connectivity index (χ3n) is 3.01. The lowest BCUT2D eigenvalue weighted by Gasteiger charge is -2.37. The van der Waals surface area contributed by atoms with Gasteiger partial charge in [-0.05, 0) is 0 Å². The molecule has 0 atom stereocenters. The first-order chi connectivity index (χ1) is 7.41. The number of carbonyl (C=O) groups excluding carboxylic acids is 1. The number of nitrogens with zero attached hydrogens (tertiary/aromatic N) is 1. The summed E-state index contributed by atoms with van der Waals surface area (Å²) < 4.78 is 4.39. The van der Waals surface area contributed by atoms with Crippen molar-refractivity contribution in [2.75, 3.05) is 7.11 Å². The molecule has 0 aromatic rings. The molecule has 0 heterocycles. The molecule has 0 bridgehead atoms. The van der Waals surface area contributed by atoms with Gasteiger partial charge in [0.25, 0.3) is 0 Å².